The third kappa shape index (κ3) is 5.30. The van der Waals surface area contributed by atoms with Crippen LogP contribution in [0.15, 0.2) is 79.4 Å². The third-order valence-electron chi connectivity index (χ3n) is 8.81. The third-order valence-corrected chi connectivity index (χ3v) is 8.81. The van der Waals surface area contributed by atoms with Gasteiger partial charge in [0.05, 0.1) is 7.11 Å². The Labute approximate surface area is 231 Å². The van der Waals surface area contributed by atoms with Crippen LogP contribution in [0.2, 0.25) is 0 Å². The first kappa shape index (κ1) is 26.9. The van der Waals surface area contributed by atoms with Crippen molar-refractivity contribution in [1.29, 1.82) is 0 Å². The second kappa shape index (κ2) is 11.2. The Hall–Kier alpha value is -3.64. The van der Waals surface area contributed by atoms with Gasteiger partial charge in [0.2, 0.25) is 0 Å². The highest BCUT2D eigenvalue weighted by atomic mass is 16.5. The molecule has 1 heterocycles. The SMILES string of the molecule is C=CCN1CCC2(c3cccc(OC)c3)CC(N(C)C(=O)c3ccc4ccccc4c3)CC(OC(C)=O)C2C1. The van der Waals surface area contributed by atoms with Gasteiger partial charge in [-0.25, -0.2) is 0 Å². The molecule has 1 amide bonds. The van der Waals surface area contributed by atoms with E-state index in [0.29, 0.717) is 12.0 Å². The quantitative estimate of drug-likeness (QED) is 0.302. The van der Waals surface area contributed by atoms with Crippen molar-refractivity contribution < 1.29 is 19.1 Å². The van der Waals surface area contributed by atoms with E-state index in [9.17, 15) is 9.59 Å². The smallest absolute Gasteiger partial charge is 0.302 e. The van der Waals surface area contributed by atoms with Gasteiger partial charge in [-0.05, 0) is 60.0 Å². The molecule has 0 radical (unpaired) electrons. The Morgan fingerprint density at radius 2 is 1.90 bits per heavy atom. The zero-order valence-electron chi connectivity index (χ0n) is 23.1. The molecule has 3 aromatic carbocycles. The topological polar surface area (TPSA) is 59.1 Å². The Balaban J connectivity index is 1.53. The van der Waals surface area contributed by atoms with Crippen molar-refractivity contribution in [2.45, 2.75) is 43.7 Å². The molecule has 0 bridgehead atoms. The zero-order valence-corrected chi connectivity index (χ0v) is 23.1. The highest BCUT2D eigenvalue weighted by Crippen LogP contribution is 2.51. The first-order valence-electron chi connectivity index (χ1n) is 13.8. The van der Waals surface area contributed by atoms with Crippen molar-refractivity contribution in [3.05, 3.63) is 90.5 Å². The van der Waals surface area contributed by atoms with Gasteiger partial charge in [0, 0.05) is 56.4 Å². The number of carbonyl (C=O) groups excluding carboxylic acids is 2. The molecule has 2 aliphatic rings. The van der Waals surface area contributed by atoms with E-state index in [4.69, 9.17) is 9.47 Å². The van der Waals surface area contributed by atoms with E-state index in [1.807, 2.05) is 66.6 Å². The lowest BCUT2D eigenvalue weighted by molar-refractivity contribution is -0.158. The fraction of sp³-hybridized carbons (Fsp3) is 0.394. The largest absolute Gasteiger partial charge is 0.497 e. The van der Waals surface area contributed by atoms with E-state index in [1.165, 1.54) is 12.5 Å². The van der Waals surface area contributed by atoms with Crippen LogP contribution in [0.5, 0.6) is 5.75 Å². The number of fused-ring (bicyclic) bond motifs is 2. The molecule has 1 aliphatic carbocycles. The van der Waals surface area contributed by atoms with Gasteiger partial charge < -0.3 is 14.4 Å². The number of hydrogen-bond donors (Lipinski definition) is 0. The van der Waals surface area contributed by atoms with Gasteiger partial charge in [0.1, 0.15) is 11.9 Å². The molecule has 6 heteroatoms. The highest BCUT2D eigenvalue weighted by molar-refractivity contribution is 5.98. The number of ether oxygens (including phenoxy) is 2. The summed E-state index contributed by atoms with van der Waals surface area (Å²) in [5, 5.41) is 2.15. The summed E-state index contributed by atoms with van der Waals surface area (Å²) in [5.74, 6) is 0.587. The van der Waals surface area contributed by atoms with Gasteiger partial charge in [0.15, 0.2) is 0 Å². The first-order valence-corrected chi connectivity index (χ1v) is 13.8. The molecule has 3 aromatic rings. The summed E-state index contributed by atoms with van der Waals surface area (Å²) in [6.45, 7) is 7.92. The number of carbonyl (C=O) groups is 2. The predicted octanol–water partition coefficient (Wildman–Crippen LogP) is 5.46. The molecule has 0 aromatic heterocycles. The molecule has 204 valence electrons. The van der Waals surface area contributed by atoms with E-state index in [-0.39, 0.29) is 35.4 Å². The van der Waals surface area contributed by atoms with Crippen LogP contribution in [-0.2, 0) is 14.9 Å². The Bertz CT molecular complexity index is 1370. The summed E-state index contributed by atoms with van der Waals surface area (Å²) in [6, 6.07) is 22.1. The summed E-state index contributed by atoms with van der Waals surface area (Å²) in [7, 11) is 3.57. The van der Waals surface area contributed by atoms with Crippen LogP contribution in [0.25, 0.3) is 10.8 Å². The fourth-order valence-corrected chi connectivity index (χ4v) is 6.84. The van der Waals surface area contributed by atoms with E-state index in [2.05, 4.69) is 29.7 Å². The monoisotopic (exact) mass is 526 g/mol. The number of esters is 1. The van der Waals surface area contributed by atoms with Crippen molar-refractivity contribution in [2.75, 3.05) is 33.8 Å². The summed E-state index contributed by atoms with van der Waals surface area (Å²) in [5.41, 5.74) is 1.57. The van der Waals surface area contributed by atoms with E-state index in [1.54, 1.807) is 7.11 Å². The van der Waals surface area contributed by atoms with Crippen molar-refractivity contribution in [3.8, 4) is 5.75 Å². The molecule has 6 nitrogen and oxygen atoms in total. The lowest BCUT2D eigenvalue weighted by atomic mass is 9.56. The maximum absolute atomic E-state index is 13.8. The second-order valence-electron chi connectivity index (χ2n) is 11.0. The molecular weight excluding hydrogens is 488 g/mol. The number of hydrogen-bond acceptors (Lipinski definition) is 5. The Kier molecular flexibility index (Phi) is 7.76. The van der Waals surface area contributed by atoms with Crippen LogP contribution in [0.4, 0.5) is 0 Å². The predicted molar refractivity (Wildman–Crippen MR) is 154 cm³/mol. The Morgan fingerprint density at radius 1 is 1.10 bits per heavy atom. The molecule has 0 N–H and O–H groups in total. The van der Waals surface area contributed by atoms with Crippen LogP contribution < -0.4 is 4.74 Å². The standard InChI is InChI=1S/C33H38N2O4/c1-5-16-35-17-15-33(27-11-8-12-29(19-27)38-4)21-28(20-31(30(33)22-35)39-23(2)36)34(3)32(37)26-14-13-24-9-6-7-10-25(24)18-26/h5-14,18-19,28,30-31H,1,15-17,20-22H2,2-4H3. The van der Waals surface area contributed by atoms with E-state index >= 15 is 0 Å². The fourth-order valence-electron chi connectivity index (χ4n) is 6.84. The molecule has 2 fully saturated rings. The molecule has 1 saturated heterocycles. The zero-order chi connectivity index (χ0) is 27.6. The minimum atomic E-state index is -0.313. The minimum absolute atomic E-state index is 0.0179. The maximum Gasteiger partial charge on any atom is 0.302 e. The normalized spacial score (nSPS) is 24.9. The molecule has 5 rings (SSSR count). The van der Waals surface area contributed by atoms with Crippen molar-refractivity contribution >= 4 is 22.6 Å². The molecule has 0 spiro atoms. The highest BCUT2D eigenvalue weighted by Gasteiger charge is 2.54. The van der Waals surface area contributed by atoms with E-state index in [0.717, 1.165) is 49.0 Å². The second-order valence-corrected chi connectivity index (χ2v) is 11.0. The van der Waals surface area contributed by atoms with Gasteiger partial charge in [-0.15, -0.1) is 6.58 Å². The Morgan fingerprint density at radius 3 is 2.64 bits per heavy atom. The number of amides is 1. The molecule has 4 unspecified atom stereocenters. The number of benzene rings is 3. The molecule has 1 saturated carbocycles. The number of rotatable bonds is 7. The van der Waals surface area contributed by atoms with Gasteiger partial charge in [-0.1, -0.05) is 48.5 Å². The maximum atomic E-state index is 13.8. The lowest BCUT2D eigenvalue weighted by Gasteiger charge is -2.56. The van der Waals surface area contributed by atoms with Crippen LogP contribution in [0.1, 0.15) is 42.1 Å². The molecule has 4 atom stereocenters. The van der Waals surface area contributed by atoms with Gasteiger partial charge in [-0.2, -0.15) is 0 Å². The average Bonchev–Trinajstić information content (AvgIpc) is 2.96. The number of nitrogens with zero attached hydrogens (tertiary/aromatic N) is 2. The molecule has 39 heavy (non-hydrogen) atoms. The number of piperidine rings is 1. The lowest BCUT2D eigenvalue weighted by Crippen LogP contribution is -2.61. The minimum Gasteiger partial charge on any atom is -0.497 e. The van der Waals surface area contributed by atoms with Crippen LogP contribution >= 0.6 is 0 Å². The van der Waals surface area contributed by atoms with Crippen molar-refractivity contribution in [3.63, 3.8) is 0 Å². The summed E-state index contributed by atoms with van der Waals surface area (Å²) >= 11 is 0. The average molecular weight is 527 g/mol. The van der Waals surface area contributed by atoms with Crippen LogP contribution in [0.3, 0.4) is 0 Å². The summed E-state index contributed by atoms with van der Waals surface area (Å²) in [6.07, 6.45) is 3.91. The number of likely N-dealkylation sites (tertiary alicyclic amines) is 1. The summed E-state index contributed by atoms with van der Waals surface area (Å²) < 4.78 is 11.7. The summed E-state index contributed by atoms with van der Waals surface area (Å²) in [4.78, 5) is 30.4. The number of methoxy groups -OCH3 is 1. The van der Waals surface area contributed by atoms with Gasteiger partial charge in [0.25, 0.3) is 5.91 Å². The van der Waals surface area contributed by atoms with Crippen molar-refractivity contribution in [2.24, 2.45) is 5.92 Å². The first-order chi connectivity index (χ1) is 18.8. The molecule has 1 aliphatic heterocycles. The molecular formula is C33H38N2O4. The van der Waals surface area contributed by atoms with Crippen molar-refractivity contribution in [1.82, 2.24) is 9.80 Å². The van der Waals surface area contributed by atoms with Crippen LogP contribution in [0, 0.1) is 5.92 Å². The van der Waals surface area contributed by atoms with Crippen LogP contribution in [-0.4, -0.2) is 67.6 Å². The van der Waals surface area contributed by atoms with Gasteiger partial charge in [-0.3, -0.25) is 14.5 Å². The van der Waals surface area contributed by atoms with E-state index < -0.39 is 0 Å². The van der Waals surface area contributed by atoms with Gasteiger partial charge >= 0.3 is 5.97 Å².